The van der Waals surface area contributed by atoms with E-state index in [-0.39, 0.29) is 23.8 Å². The summed E-state index contributed by atoms with van der Waals surface area (Å²) in [4.78, 5) is 32.8. The van der Waals surface area contributed by atoms with Crippen molar-refractivity contribution in [1.29, 1.82) is 0 Å². The maximum atomic E-state index is 11.6. The van der Waals surface area contributed by atoms with Gasteiger partial charge in [0, 0.05) is 11.9 Å². The van der Waals surface area contributed by atoms with Crippen LogP contribution in [-0.4, -0.2) is 36.7 Å². The third kappa shape index (κ3) is 4.05. The van der Waals surface area contributed by atoms with Crippen LogP contribution < -0.4 is 11.4 Å². The van der Waals surface area contributed by atoms with Crippen LogP contribution in [0.1, 0.15) is 12.6 Å². The smallest absolute Gasteiger partial charge is 0.351 e. The topological polar surface area (TPSA) is 128 Å². The van der Waals surface area contributed by atoms with Crippen molar-refractivity contribution in [3.05, 3.63) is 22.7 Å². The molecule has 4 N–H and O–H groups in total. The molecule has 0 aromatic carbocycles. The van der Waals surface area contributed by atoms with Crippen molar-refractivity contribution in [1.82, 2.24) is 9.55 Å². The third-order valence-electron chi connectivity index (χ3n) is 2.55. The molecule has 2 rings (SSSR count). The summed E-state index contributed by atoms with van der Waals surface area (Å²) in [6.45, 7) is 0. The molecule has 19 heavy (non-hydrogen) atoms. The molecule has 2 heterocycles. The second kappa shape index (κ2) is 5.64. The van der Waals surface area contributed by atoms with Crippen LogP contribution in [0.2, 0.25) is 0 Å². The average molecular weight is 307 g/mol. The Morgan fingerprint density at radius 3 is 3.00 bits per heavy atom. The van der Waals surface area contributed by atoms with E-state index < -0.39 is 19.5 Å². The molecule has 1 saturated heterocycles. The molecule has 2 atom stereocenters. The van der Waals surface area contributed by atoms with Gasteiger partial charge >= 0.3 is 13.3 Å². The van der Waals surface area contributed by atoms with Crippen molar-refractivity contribution < 1.29 is 19.1 Å². The lowest BCUT2D eigenvalue weighted by Gasteiger charge is -2.14. The SMILES string of the molecule is Nc1ccn([C@@H]2CS[C@@H](CCP(=O)(O)O)O2)c(=O)n1. The largest absolute Gasteiger partial charge is 0.383 e. The fourth-order valence-corrected chi connectivity index (χ4v) is 3.51. The minimum atomic E-state index is -4.02. The number of nitrogens with two attached hydrogens (primary N) is 1. The lowest BCUT2D eigenvalue weighted by molar-refractivity contribution is 0.0147. The summed E-state index contributed by atoms with van der Waals surface area (Å²) in [5.74, 6) is 0.669. The molecule has 0 saturated carbocycles. The summed E-state index contributed by atoms with van der Waals surface area (Å²) in [5.41, 5.74) is 4.56. The maximum Gasteiger partial charge on any atom is 0.351 e. The summed E-state index contributed by atoms with van der Waals surface area (Å²) in [7, 11) is -4.02. The van der Waals surface area contributed by atoms with E-state index in [1.165, 1.54) is 28.6 Å². The van der Waals surface area contributed by atoms with Crippen molar-refractivity contribution >= 4 is 25.2 Å². The molecule has 1 fully saturated rings. The van der Waals surface area contributed by atoms with Gasteiger partial charge in [-0.1, -0.05) is 0 Å². The van der Waals surface area contributed by atoms with Crippen LogP contribution in [0.4, 0.5) is 5.82 Å². The van der Waals surface area contributed by atoms with Crippen LogP contribution in [0, 0.1) is 0 Å². The number of aromatic nitrogens is 2. The summed E-state index contributed by atoms with van der Waals surface area (Å²) in [6.07, 6.45) is 1.03. The zero-order chi connectivity index (χ0) is 14.0. The van der Waals surface area contributed by atoms with Gasteiger partial charge in [0.25, 0.3) is 0 Å². The van der Waals surface area contributed by atoms with Gasteiger partial charge in [-0.2, -0.15) is 4.98 Å². The highest BCUT2D eigenvalue weighted by atomic mass is 32.2. The number of nitrogen functional groups attached to an aromatic ring is 1. The van der Waals surface area contributed by atoms with Gasteiger partial charge in [-0.25, -0.2) is 4.79 Å². The molecule has 0 radical (unpaired) electrons. The maximum absolute atomic E-state index is 11.6. The monoisotopic (exact) mass is 307 g/mol. The van der Waals surface area contributed by atoms with E-state index in [0.29, 0.717) is 5.75 Å². The van der Waals surface area contributed by atoms with Gasteiger partial charge in [0.15, 0.2) is 0 Å². The first kappa shape index (κ1) is 14.5. The Kier molecular flexibility index (Phi) is 4.32. The summed E-state index contributed by atoms with van der Waals surface area (Å²) < 4.78 is 17.7. The molecule has 8 nitrogen and oxygen atoms in total. The predicted octanol–water partition coefficient (Wildman–Crippen LogP) is -0.0186. The number of hydrogen-bond acceptors (Lipinski definition) is 6. The summed E-state index contributed by atoms with van der Waals surface area (Å²) in [6, 6.07) is 1.50. The first-order valence-electron chi connectivity index (χ1n) is 5.51. The van der Waals surface area contributed by atoms with Gasteiger partial charge in [0.05, 0.1) is 6.16 Å². The quantitative estimate of drug-likeness (QED) is 0.662. The van der Waals surface area contributed by atoms with Crippen molar-refractivity contribution in [2.75, 3.05) is 17.6 Å². The van der Waals surface area contributed by atoms with Gasteiger partial charge in [0.1, 0.15) is 17.5 Å². The standard InChI is InChI=1S/C9H14N3O5PS/c10-6-1-3-12(9(13)11-6)7-5-19-8(17-7)2-4-18(14,15)16/h1,3,7-8H,2,4-5H2,(H2,10,11,13)(H2,14,15,16)/t7-,8-/m0/s1. The number of thioether (sulfide) groups is 1. The van der Waals surface area contributed by atoms with Crippen LogP contribution in [0.5, 0.6) is 0 Å². The van der Waals surface area contributed by atoms with Gasteiger partial charge in [-0.05, 0) is 12.5 Å². The van der Waals surface area contributed by atoms with E-state index in [4.69, 9.17) is 20.3 Å². The average Bonchev–Trinajstić information content (AvgIpc) is 2.74. The molecule has 0 amide bonds. The van der Waals surface area contributed by atoms with Gasteiger partial charge in [-0.3, -0.25) is 9.13 Å². The zero-order valence-electron chi connectivity index (χ0n) is 9.88. The second-order valence-corrected chi connectivity index (χ2v) is 7.04. The molecule has 106 valence electrons. The summed E-state index contributed by atoms with van der Waals surface area (Å²) in [5, 5.41) is 0. The second-order valence-electron chi connectivity index (χ2n) is 4.07. The molecule has 1 aliphatic heterocycles. The number of ether oxygens (including phenoxy) is 1. The van der Waals surface area contributed by atoms with Gasteiger partial charge in [-0.15, -0.1) is 11.8 Å². The molecular weight excluding hydrogens is 293 g/mol. The van der Waals surface area contributed by atoms with Crippen LogP contribution in [0.15, 0.2) is 17.1 Å². The number of anilines is 1. The highest BCUT2D eigenvalue weighted by molar-refractivity contribution is 8.00. The highest BCUT2D eigenvalue weighted by Crippen LogP contribution is 2.40. The van der Waals surface area contributed by atoms with E-state index in [1.807, 2.05) is 0 Å². The fourth-order valence-electron chi connectivity index (χ4n) is 1.66. The lowest BCUT2D eigenvalue weighted by atomic mass is 10.5. The van der Waals surface area contributed by atoms with E-state index in [9.17, 15) is 9.36 Å². The van der Waals surface area contributed by atoms with Gasteiger partial charge < -0.3 is 20.3 Å². The number of hydrogen-bond donors (Lipinski definition) is 3. The molecule has 10 heteroatoms. The van der Waals surface area contributed by atoms with E-state index in [2.05, 4.69) is 4.98 Å². The molecule has 0 aliphatic carbocycles. The normalized spacial score (nSPS) is 23.7. The molecule has 0 bridgehead atoms. The van der Waals surface area contributed by atoms with Crippen molar-refractivity contribution in [3.63, 3.8) is 0 Å². The Morgan fingerprint density at radius 2 is 2.37 bits per heavy atom. The van der Waals surface area contributed by atoms with Crippen LogP contribution >= 0.6 is 19.4 Å². The number of nitrogens with zero attached hydrogens (tertiary/aromatic N) is 2. The summed E-state index contributed by atoms with van der Waals surface area (Å²) >= 11 is 1.41. The molecular formula is C9H14N3O5PS. The zero-order valence-corrected chi connectivity index (χ0v) is 11.6. The van der Waals surface area contributed by atoms with E-state index in [0.717, 1.165) is 0 Å². The Hall–Kier alpha value is -0.860. The minimum Gasteiger partial charge on any atom is -0.383 e. The predicted molar refractivity (Wildman–Crippen MR) is 70.8 cm³/mol. The fraction of sp³-hybridized carbons (Fsp3) is 0.556. The molecule has 1 aromatic heterocycles. The first-order chi connectivity index (χ1) is 8.85. The van der Waals surface area contributed by atoms with Crippen molar-refractivity contribution in [2.24, 2.45) is 0 Å². The van der Waals surface area contributed by atoms with Crippen molar-refractivity contribution in [2.45, 2.75) is 18.1 Å². The number of rotatable bonds is 4. The van der Waals surface area contributed by atoms with E-state index >= 15 is 0 Å². The van der Waals surface area contributed by atoms with Gasteiger partial charge in [0.2, 0.25) is 0 Å². The first-order valence-corrected chi connectivity index (χ1v) is 8.36. The van der Waals surface area contributed by atoms with Crippen LogP contribution in [0.3, 0.4) is 0 Å². The Labute approximate surface area is 113 Å². The Balaban J connectivity index is 1.98. The van der Waals surface area contributed by atoms with E-state index in [1.54, 1.807) is 0 Å². The lowest BCUT2D eigenvalue weighted by Crippen LogP contribution is -2.28. The minimum absolute atomic E-state index is 0.143. The highest BCUT2D eigenvalue weighted by Gasteiger charge is 2.29. The Morgan fingerprint density at radius 1 is 1.63 bits per heavy atom. The van der Waals surface area contributed by atoms with Crippen LogP contribution in [0.25, 0.3) is 0 Å². The Bertz CT molecular complexity index is 559. The molecule has 1 aromatic rings. The third-order valence-corrected chi connectivity index (χ3v) is 4.59. The molecule has 0 unspecified atom stereocenters. The van der Waals surface area contributed by atoms with Crippen molar-refractivity contribution in [3.8, 4) is 0 Å². The molecule has 1 aliphatic rings. The molecule has 0 spiro atoms. The van der Waals surface area contributed by atoms with Crippen LogP contribution in [-0.2, 0) is 9.30 Å².